The third-order valence-electron chi connectivity index (χ3n) is 7.27. The van der Waals surface area contributed by atoms with Crippen LogP contribution in [0.4, 0.5) is 19.1 Å². The lowest BCUT2D eigenvalue weighted by atomic mass is 10.0. The van der Waals surface area contributed by atoms with Crippen LogP contribution in [0, 0.1) is 6.92 Å². The number of piperidine rings is 1. The number of aromatic nitrogens is 5. The van der Waals surface area contributed by atoms with E-state index in [0.717, 1.165) is 17.7 Å². The van der Waals surface area contributed by atoms with E-state index in [1.165, 1.54) is 11.7 Å². The summed E-state index contributed by atoms with van der Waals surface area (Å²) in [5, 5.41) is 7.72. The average molecular weight is 516 g/mol. The molecule has 2 aliphatic heterocycles. The summed E-state index contributed by atoms with van der Waals surface area (Å²) in [4.78, 5) is 11.1. The van der Waals surface area contributed by atoms with Crippen LogP contribution in [0.5, 0.6) is 5.88 Å². The van der Waals surface area contributed by atoms with Gasteiger partial charge in [0.15, 0.2) is 0 Å². The zero-order chi connectivity index (χ0) is 25.7. The maximum absolute atomic E-state index is 15.0. The number of hydrogen-bond donors (Lipinski definition) is 1. The van der Waals surface area contributed by atoms with Gasteiger partial charge in [0.2, 0.25) is 11.8 Å². The maximum Gasteiger partial charge on any atom is 0.256 e. The van der Waals surface area contributed by atoms with Crippen molar-refractivity contribution in [3.63, 3.8) is 0 Å². The van der Waals surface area contributed by atoms with Gasteiger partial charge in [-0.2, -0.15) is 4.98 Å². The minimum absolute atomic E-state index is 0.278. The number of ether oxygens (including phenoxy) is 2. The first kappa shape index (κ1) is 24.0. The number of nitrogens with zero attached hydrogens (tertiary/aromatic N) is 6. The van der Waals surface area contributed by atoms with E-state index < -0.39 is 25.2 Å². The molecule has 196 valence electrons. The Balaban J connectivity index is 1.30. The molecule has 0 amide bonds. The van der Waals surface area contributed by atoms with Crippen LogP contribution < -0.4 is 10.1 Å². The molecule has 2 fully saturated rings. The molecule has 0 spiro atoms. The van der Waals surface area contributed by atoms with Crippen molar-refractivity contribution in [2.24, 2.45) is 0 Å². The second kappa shape index (κ2) is 9.49. The van der Waals surface area contributed by atoms with Gasteiger partial charge in [-0.05, 0) is 37.1 Å². The Kier molecular flexibility index (Phi) is 6.15. The van der Waals surface area contributed by atoms with E-state index in [2.05, 4.69) is 25.3 Å². The van der Waals surface area contributed by atoms with Crippen molar-refractivity contribution in [2.75, 3.05) is 38.7 Å². The number of anilines is 1. The molecule has 0 bridgehead atoms. The topological polar surface area (TPSA) is 81.7 Å². The molecule has 4 aromatic rings. The summed E-state index contributed by atoms with van der Waals surface area (Å²) in [5.74, 6) is 1.14. The maximum atomic E-state index is 15.0. The molecule has 1 N–H and O–H groups in total. The SMILES string of the molecule is COc1nc(N[C@@H]2CCN(C3COC3)C[C@@H]2F)nn2ccc(-c3ccc4nc(C)n(CC(F)F)c4c3)c12. The Morgan fingerprint density at radius 1 is 1.22 bits per heavy atom. The standard InChI is InChI=1S/C25H28F3N7O2/c1-14-29-20-4-3-15(9-21(20)34(14)11-22(27)28)17-5-8-35-23(17)24(36-2)31-25(32-35)30-19-6-7-33(10-18(19)26)16-12-37-13-16/h3-5,8-9,16,18-19,22H,6-7,10-13H2,1-2H3,(H,30,32)/t18-,19+/m0/s1. The first-order chi connectivity index (χ1) is 17.9. The highest BCUT2D eigenvalue weighted by Crippen LogP contribution is 2.34. The number of rotatable bonds is 7. The van der Waals surface area contributed by atoms with Gasteiger partial charge >= 0.3 is 0 Å². The second-order valence-corrected chi connectivity index (χ2v) is 9.57. The van der Waals surface area contributed by atoms with Crippen molar-refractivity contribution in [1.82, 2.24) is 29.0 Å². The Labute approximate surface area is 211 Å². The number of fused-ring (bicyclic) bond motifs is 2. The van der Waals surface area contributed by atoms with Crippen molar-refractivity contribution >= 4 is 22.5 Å². The molecule has 0 saturated carbocycles. The molecular formula is C25H28F3N7O2. The number of nitrogens with one attached hydrogen (secondary N) is 1. The predicted molar refractivity (Wildman–Crippen MR) is 132 cm³/mol. The smallest absolute Gasteiger partial charge is 0.256 e. The van der Waals surface area contributed by atoms with Crippen molar-refractivity contribution < 1.29 is 22.6 Å². The molecule has 0 radical (unpaired) electrons. The monoisotopic (exact) mass is 515 g/mol. The van der Waals surface area contributed by atoms with Gasteiger partial charge in [-0.1, -0.05) is 6.07 Å². The average Bonchev–Trinajstić information content (AvgIpc) is 3.39. The van der Waals surface area contributed by atoms with Crippen LogP contribution in [0.25, 0.3) is 27.7 Å². The quantitative estimate of drug-likeness (QED) is 0.403. The van der Waals surface area contributed by atoms with Gasteiger partial charge in [-0.25, -0.2) is 22.7 Å². The van der Waals surface area contributed by atoms with Crippen LogP contribution in [0.1, 0.15) is 12.2 Å². The van der Waals surface area contributed by atoms with Gasteiger partial charge in [-0.15, -0.1) is 5.10 Å². The van der Waals surface area contributed by atoms with E-state index in [1.54, 1.807) is 17.6 Å². The van der Waals surface area contributed by atoms with Gasteiger partial charge in [0.25, 0.3) is 6.43 Å². The largest absolute Gasteiger partial charge is 0.479 e. The number of alkyl halides is 3. The number of hydrogen-bond acceptors (Lipinski definition) is 7. The Morgan fingerprint density at radius 3 is 2.76 bits per heavy atom. The van der Waals surface area contributed by atoms with Crippen molar-refractivity contribution in [2.45, 2.75) is 44.6 Å². The molecule has 3 aromatic heterocycles. The number of likely N-dealkylation sites (tertiary alicyclic amines) is 1. The zero-order valence-corrected chi connectivity index (χ0v) is 20.6. The third-order valence-corrected chi connectivity index (χ3v) is 7.27. The van der Waals surface area contributed by atoms with Gasteiger partial charge < -0.3 is 19.4 Å². The van der Waals surface area contributed by atoms with Crippen LogP contribution in [-0.4, -0.2) is 87.1 Å². The summed E-state index contributed by atoms with van der Waals surface area (Å²) in [5.41, 5.74) is 3.48. The molecule has 12 heteroatoms. The fourth-order valence-electron chi connectivity index (χ4n) is 5.23. The highest BCUT2D eigenvalue weighted by atomic mass is 19.3. The number of halogens is 3. The molecule has 0 unspecified atom stereocenters. The summed E-state index contributed by atoms with van der Waals surface area (Å²) >= 11 is 0. The molecular weight excluding hydrogens is 487 g/mol. The van der Waals surface area contributed by atoms with Crippen molar-refractivity contribution in [1.29, 1.82) is 0 Å². The fraction of sp³-hybridized carbons (Fsp3) is 0.480. The number of aryl methyl sites for hydroxylation is 1. The molecule has 5 heterocycles. The highest BCUT2D eigenvalue weighted by Gasteiger charge is 2.35. The van der Waals surface area contributed by atoms with Gasteiger partial charge in [0, 0.05) is 24.8 Å². The highest BCUT2D eigenvalue weighted by molar-refractivity contribution is 5.89. The number of imidazole rings is 1. The van der Waals surface area contributed by atoms with E-state index in [0.29, 0.717) is 60.5 Å². The summed E-state index contributed by atoms with van der Waals surface area (Å²) in [7, 11) is 1.52. The van der Waals surface area contributed by atoms with Crippen molar-refractivity contribution in [3.05, 3.63) is 36.3 Å². The van der Waals surface area contributed by atoms with Crippen LogP contribution in [0.15, 0.2) is 30.5 Å². The van der Waals surface area contributed by atoms with Gasteiger partial charge in [0.1, 0.15) is 17.5 Å². The lowest BCUT2D eigenvalue weighted by Gasteiger charge is -2.42. The second-order valence-electron chi connectivity index (χ2n) is 9.57. The molecule has 9 nitrogen and oxygen atoms in total. The summed E-state index contributed by atoms with van der Waals surface area (Å²) in [6.45, 7) is 3.76. The van der Waals surface area contributed by atoms with E-state index in [-0.39, 0.29) is 5.95 Å². The summed E-state index contributed by atoms with van der Waals surface area (Å²) < 4.78 is 55.3. The predicted octanol–water partition coefficient (Wildman–Crippen LogP) is 3.55. The molecule has 37 heavy (non-hydrogen) atoms. The van der Waals surface area contributed by atoms with E-state index >= 15 is 0 Å². The van der Waals surface area contributed by atoms with Gasteiger partial charge in [0.05, 0.1) is 50.0 Å². The van der Waals surface area contributed by atoms with E-state index in [4.69, 9.17) is 9.47 Å². The Morgan fingerprint density at radius 2 is 2.05 bits per heavy atom. The summed E-state index contributed by atoms with van der Waals surface area (Å²) in [6, 6.07) is 7.31. The summed E-state index contributed by atoms with van der Waals surface area (Å²) in [6.07, 6.45) is -1.15. The van der Waals surface area contributed by atoms with E-state index in [9.17, 15) is 13.2 Å². The van der Waals surface area contributed by atoms with Crippen LogP contribution >= 0.6 is 0 Å². The number of methoxy groups -OCH3 is 1. The number of benzene rings is 1. The first-order valence-electron chi connectivity index (χ1n) is 12.3. The first-order valence-corrected chi connectivity index (χ1v) is 12.3. The minimum atomic E-state index is -2.49. The Hall–Kier alpha value is -3.38. The molecule has 2 aliphatic rings. The molecule has 6 rings (SSSR count). The molecule has 0 aliphatic carbocycles. The van der Waals surface area contributed by atoms with E-state index in [1.807, 2.05) is 24.3 Å². The lowest BCUT2D eigenvalue weighted by molar-refractivity contribution is -0.0794. The third kappa shape index (κ3) is 4.37. The molecule has 2 saturated heterocycles. The van der Waals surface area contributed by atoms with Crippen molar-refractivity contribution in [3.8, 4) is 17.0 Å². The van der Waals surface area contributed by atoms with Crippen LogP contribution in [-0.2, 0) is 11.3 Å². The minimum Gasteiger partial charge on any atom is -0.479 e. The van der Waals surface area contributed by atoms with Crippen LogP contribution in [0.2, 0.25) is 0 Å². The fourth-order valence-corrected chi connectivity index (χ4v) is 5.23. The molecule has 1 aromatic carbocycles. The van der Waals surface area contributed by atoms with Crippen LogP contribution in [0.3, 0.4) is 0 Å². The zero-order valence-electron chi connectivity index (χ0n) is 20.6. The lowest BCUT2D eigenvalue weighted by Crippen LogP contribution is -2.57. The Bertz CT molecular complexity index is 1430. The normalized spacial score (nSPS) is 21.1. The molecule has 2 atom stereocenters. The van der Waals surface area contributed by atoms with Gasteiger partial charge in [-0.3, -0.25) is 4.90 Å².